The second kappa shape index (κ2) is 4.44. The molecule has 7 nitrogen and oxygen atoms in total. The van der Waals surface area contributed by atoms with Gasteiger partial charge < -0.3 is 5.11 Å². The summed E-state index contributed by atoms with van der Waals surface area (Å²) in [6, 6.07) is -0.140. The van der Waals surface area contributed by atoms with E-state index in [0.717, 1.165) is 0 Å². The molecule has 0 aliphatic carbocycles. The minimum absolute atomic E-state index is 0.0376. The van der Waals surface area contributed by atoms with E-state index in [4.69, 9.17) is 9.94 Å². The fourth-order valence-electron chi connectivity index (χ4n) is 1.86. The minimum atomic E-state index is -0.502. The van der Waals surface area contributed by atoms with Crippen molar-refractivity contribution in [1.29, 1.82) is 0 Å². The van der Waals surface area contributed by atoms with Crippen molar-refractivity contribution in [1.82, 2.24) is 14.6 Å². The van der Waals surface area contributed by atoms with Gasteiger partial charge in [-0.2, -0.15) is 5.06 Å². The molecule has 2 heterocycles. The molecule has 2 N–H and O–H groups in total. The number of aryl methyl sites for hydroxylation is 1. The van der Waals surface area contributed by atoms with Gasteiger partial charge >= 0.3 is 5.69 Å². The molecule has 0 unspecified atom stereocenters. The van der Waals surface area contributed by atoms with Crippen molar-refractivity contribution in [2.24, 2.45) is 0 Å². The highest BCUT2D eigenvalue weighted by Crippen LogP contribution is 2.25. The van der Waals surface area contributed by atoms with Crippen molar-refractivity contribution in [2.75, 3.05) is 13.7 Å². The van der Waals surface area contributed by atoms with Gasteiger partial charge in [-0.15, -0.1) is 0 Å². The van der Waals surface area contributed by atoms with Crippen LogP contribution in [0.5, 0.6) is 0 Å². The minimum Gasteiger partial charge on any atom is -0.395 e. The molecule has 0 aromatic carbocycles. The smallest absolute Gasteiger partial charge is 0.330 e. The third-order valence-electron chi connectivity index (χ3n) is 2.94. The molecule has 2 rings (SSSR count). The van der Waals surface area contributed by atoms with Gasteiger partial charge in [0.05, 0.1) is 12.6 Å². The van der Waals surface area contributed by atoms with Crippen LogP contribution in [0.3, 0.4) is 0 Å². The maximum absolute atomic E-state index is 11.6. The number of hydrogen-bond acceptors (Lipinski definition) is 5. The average Bonchev–Trinajstić information content (AvgIpc) is 2.65. The summed E-state index contributed by atoms with van der Waals surface area (Å²) >= 11 is 0. The molecule has 1 aromatic rings. The molecule has 1 aromatic heterocycles. The monoisotopic (exact) mass is 241 g/mol. The van der Waals surface area contributed by atoms with Gasteiger partial charge in [0.2, 0.25) is 0 Å². The third kappa shape index (κ3) is 2.17. The fourth-order valence-corrected chi connectivity index (χ4v) is 1.86. The summed E-state index contributed by atoms with van der Waals surface area (Å²) < 4.78 is 1.34. The van der Waals surface area contributed by atoms with Crippen molar-refractivity contribution in [3.8, 4) is 0 Å². The number of nitrogens with zero attached hydrogens (tertiary/aromatic N) is 2. The molecule has 0 amide bonds. The standard InChI is InChI=1S/C10H15N3O4/c1-6-4-13(10(16)11-9(6)15)8-3-7(5-14)12(2)17-8/h4,7-8,14H,3,5H2,1-2H3,(H,11,15,16)/t7-,8+/m1/s1. The Kier molecular flexibility index (Phi) is 3.14. The van der Waals surface area contributed by atoms with E-state index in [2.05, 4.69) is 4.98 Å². The van der Waals surface area contributed by atoms with Crippen molar-refractivity contribution in [3.63, 3.8) is 0 Å². The lowest BCUT2D eigenvalue weighted by Gasteiger charge is -2.15. The highest BCUT2D eigenvalue weighted by Gasteiger charge is 2.32. The van der Waals surface area contributed by atoms with Crippen LogP contribution in [-0.2, 0) is 4.84 Å². The molecule has 1 aliphatic rings. The summed E-state index contributed by atoms with van der Waals surface area (Å²) in [6.45, 7) is 1.58. The van der Waals surface area contributed by atoms with Crippen LogP contribution >= 0.6 is 0 Å². The predicted octanol–water partition coefficient (Wildman–Crippen LogP) is -1.03. The van der Waals surface area contributed by atoms with Crippen LogP contribution in [0.4, 0.5) is 0 Å². The Bertz CT molecular complexity index is 521. The summed E-state index contributed by atoms with van der Waals surface area (Å²) in [5.41, 5.74) is -0.447. The Morgan fingerprint density at radius 2 is 2.29 bits per heavy atom. The summed E-state index contributed by atoms with van der Waals surface area (Å²) in [7, 11) is 1.70. The molecule has 1 fully saturated rings. The van der Waals surface area contributed by atoms with Crippen LogP contribution in [0.2, 0.25) is 0 Å². The van der Waals surface area contributed by atoms with E-state index >= 15 is 0 Å². The van der Waals surface area contributed by atoms with E-state index in [1.165, 1.54) is 15.8 Å². The van der Waals surface area contributed by atoms with E-state index in [-0.39, 0.29) is 12.6 Å². The lowest BCUT2D eigenvalue weighted by Crippen LogP contribution is -2.33. The van der Waals surface area contributed by atoms with Crippen LogP contribution in [0.15, 0.2) is 15.8 Å². The molecule has 2 atom stereocenters. The van der Waals surface area contributed by atoms with Gasteiger partial charge in [0.1, 0.15) is 0 Å². The molecule has 1 saturated heterocycles. The number of nitrogens with one attached hydrogen (secondary N) is 1. The first-order chi connectivity index (χ1) is 8.02. The maximum atomic E-state index is 11.6. The van der Waals surface area contributed by atoms with Crippen molar-refractivity contribution >= 4 is 0 Å². The normalized spacial score (nSPS) is 25.4. The van der Waals surface area contributed by atoms with E-state index in [1.54, 1.807) is 14.0 Å². The van der Waals surface area contributed by atoms with Crippen molar-refractivity contribution in [2.45, 2.75) is 25.6 Å². The number of hydrogen-bond donors (Lipinski definition) is 2. The zero-order valence-corrected chi connectivity index (χ0v) is 9.71. The molecule has 0 bridgehead atoms. The zero-order valence-electron chi connectivity index (χ0n) is 9.71. The van der Waals surface area contributed by atoms with Gasteiger partial charge in [-0.1, -0.05) is 0 Å². The Morgan fingerprint density at radius 3 is 2.88 bits per heavy atom. The lowest BCUT2D eigenvalue weighted by molar-refractivity contribution is -0.170. The molecule has 0 spiro atoms. The summed E-state index contributed by atoms with van der Waals surface area (Å²) in [6.07, 6.45) is 1.48. The number of aromatic nitrogens is 2. The summed E-state index contributed by atoms with van der Waals surface area (Å²) in [4.78, 5) is 30.5. The summed E-state index contributed by atoms with van der Waals surface area (Å²) in [5.74, 6) is 0. The first-order valence-electron chi connectivity index (χ1n) is 5.35. The van der Waals surface area contributed by atoms with Gasteiger partial charge in [-0.3, -0.25) is 19.2 Å². The number of rotatable bonds is 2. The predicted molar refractivity (Wildman–Crippen MR) is 59.4 cm³/mol. The van der Waals surface area contributed by atoms with Crippen molar-refractivity contribution in [3.05, 3.63) is 32.6 Å². The van der Waals surface area contributed by atoms with E-state index in [1.807, 2.05) is 0 Å². The molecule has 1 aliphatic heterocycles. The average molecular weight is 241 g/mol. The second-order valence-corrected chi connectivity index (χ2v) is 4.16. The first-order valence-corrected chi connectivity index (χ1v) is 5.35. The van der Waals surface area contributed by atoms with E-state index in [9.17, 15) is 9.59 Å². The van der Waals surface area contributed by atoms with Crippen LogP contribution in [0.1, 0.15) is 18.2 Å². The topological polar surface area (TPSA) is 87.6 Å². The molecular weight excluding hydrogens is 226 g/mol. The van der Waals surface area contributed by atoms with Crippen LogP contribution in [-0.4, -0.2) is 39.4 Å². The molecule has 0 radical (unpaired) electrons. The van der Waals surface area contributed by atoms with Crippen LogP contribution in [0, 0.1) is 6.92 Å². The van der Waals surface area contributed by atoms with Gasteiger partial charge in [-0.25, -0.2) is 4.79 Å². The number of H-pyrrole nitrogens is 1. The van der Waals surface area contributed by atoms with E-state index < -0.39 is 17.5 Å². The van der Waals surface area contributed by atoms with E-state index in [0.29, 0.717) is 12.0 Å². The largest absolute Gasteiger partial charge is 0.395 e. The molecular formula is C10H15N3O4. The number of likely N-dealkylation sites (N-methyl/N-ethyl adjacent to an activating group) is 1. The van der Waals surface area contributed by atoms with Gasteiger partial charge in [-0.05, 0) is 6.92 Å². The number of aliphatic hydroxyl groups is 1. The van der Waals surface area contributed by atoms with Gasteiger partial charge in [0, 0.05) is 25.2 Å². The highest BCUT2D eigenvalue weighted by atomic mass is 16.7. The molecule has 7 heteroatoms. The SMILES string of the molecule is Cc1cn([C@@H]2C[C@H](CO)N(C)O2)c(=O)[nH]c1=O. The van der Waals surface area contributed by atoms with Crippen molar-refractivity contribution < 1.29 is 9.94 Å². The van der Waals surface area contributed by atoms with Crippen LogP contribution in [0.25, 0.3) is 0 Å². The Hall–Kier alpha value is -1.44. The number of hydroxylamine groups is 2. The molecule has 94 valence electrons. The number of aromatic amines is 1. The molecule has 0 saturated carbocycles. The second-order valence-electron chi connectivity index (χ2n) is 4.16. The van der Waals surface area contributed by atoms with Crippen LogP contribution < -0.4 is 11.2 Å². The highest BCUT2D eigenvalue weighted by molar-refractivity contribution is 5.01. The number of aliphatic hydroxyl groups excluding tert-OH is 1. The van der Waals surface area contributed by atoms with Gasteiger partial charge in [0.25, 0.3) is 5.56 Å². The molecule has 17 heavy (non-hydrogen) atoms. The Balaban J connectivity index is 2.34. The lowest BCUT2D eigenvalue weighted by atomic mass is 10.2. The Labute approximate surface area is 97.2 Å². The summed E-state index contributed by atoms with van der Waals surface area (Å²) in [5, 5.41) is 10.6. The zero-order chi connectivity index (χ0) is 12.6. The maximum Gasteiger partial charge on any atom is 0.330 e. The third-order valence-corrected chi connectivity index (χ3v) is 2.94. The van der Waals surface area contributed by atoms with Gasteiger partial charge in [0.15, 0.2) is 6.23 Å². The quantitative estimate of drug-likeness (QED) is 0.691. The Morgan fingerprint density at radius 1 is 1.59 bits per heavy atom. The first kappa shape index (κ1) is 12.0. The fraction of sp³-hybridized carbons (Fsp3) is 0.600.